The van der Waals surface area contributed by atoms with Gasteiger partial charge in [0.15, 0.2) is 11.6 Å². The van der Waals surface area contributed by atoms with Crippen LogP contribution in [0.2, 0.25) is 5.02 Å². The van der Waals surface area contributed by atoms with Crippen LogP contribution in [0.25, 0.3) is 0 Å². The van der Waals surface area contributed by atoms with E-state index in [0.29, 0.717) is 18.3 Å². The third-order valence-corrected chi connectivity index (χ3v) is 6.60. The number of halogens is 2. The number of hydrogen-bond donors (Lipinski definition) is 0. The monoisotopic (exact) mass is 467 g/mol. The van der Waals surface area contributed by atoms with Gasteiger partial charge in [-0.05, 0) is 80.9 Å². The molecule has 0 N–H and O–H groups in total. The van der Waals surface area contributed by atoms with E-state index in [0.717, 1.165) is 49.7 Å². The van der Waals surface area contributed by atoms with Crippen LogP contribution in [0.4, 0.5) is 4.39 Å². The summed E-state index contributed by atoms with van der Waals surface area (Å²) in [6.07, 6.45) is 4.13. The normalized spacial score (nSPS) is 16.1. The standard InChI is InChI=1S/C27H31ClFN3O/c1-31(27(25-7-4-5-15-30-25)22-9-11-23(28)12-10-22)20-21-13-16-32(17-14-21)18-19-33-26-8-3-2-6-24(26)29/h2-12,15,21,27H,13-14,16-20H2,1H3. The number of ether oxygens (including phenoxy) is 1. The zero-order valence-electron chi connectivity index (χ0n) is 19.0. The van der Waals surface area contributed by atoms with E-state index in [2.05, 4.69) is 40.0 Å². The van der Waals surface area contributed by atoms with Gasteiger partial charge in [0, 0.05) is 24.3 Å². The highest BCUT2D eigenvalue weighted by Crippen LogP contribution is 2.29. The molecule has 0 aliphatic carbocycles. The second kappa shape index (κ2) is 11.6. The molecule has 1 aromatic heterocycles. The minimum atomic E-state index is -0.303. The number of pyridine rings is 1. The summed E-state index contributed by atoms with van der Waals surface area (Å²) in [5, 5.41) is 0.743. The van der Waals surface area contributed by atoms with E-state index in [-0.39, 0.29) is 11.9 Å². The third kappa shape index (κ3) is 6.53. The first-order valence-electron chi connectivity index (χ1n) is 11.6. The first-order chi connectivity index (χ1) is 16.1. The van der Waals surface area contributed by atoms with Crippen LogP contribution < -0.4 is 4.74 Å². The van der Waals surface area contributed by atoms with Gasteiger partial charge in [0.05, 0.1) is 11.7 Å². The van der Waals surface area contributed by atoms with E-state index in [1.165, 1.54) is 11.6 Å². The number of nitrogens with zero attached hydrogens (tertiary/aromatic N) is 3. The van der Waals surface area contributed by atoms with Gasteiger partial charge in [-0.3, -0.25) is 14.8 Å². The Morgan fingerprint density at radius 1 is 1.06 bits per heavy atom. The van der Waals surface area contributed by atoms with Gasteiger partial charge in [0.2, 0.25) is 0 Å². The van der Waals surface area contributed by atoms with Crippen molar-refractivity contribution in [1.29, 1.82) is 0 Å². The Kier molecular flexibility index (Phi) is 8.32. The van der Waals surface area contributed by atoms with Crippen molar-refractivity contribution in [3.05, 3.63) is 95.0 Å². The predicted molar refractivity (Wildman–Crippen MR) is 131 cm³/mol. The zero-order chi connectivity index (χ0) is 23.0. The van der Waals surface area contributed by atoms with Crippen LogP contribution in [0.3, 0.4) is 0 Å². The number of piperidine rings is 1. The fourth-order valence-corrected chi connectivity index (χ4v) is 4.71. The summed E-state index contributed by atoms with van der Waals surface area (Å²) >= 11 is 6.13. The van der Waals surface area contributed by atoms with Gasteiger partial charge in [-0.25, -0.2) is 4.39 Å². The first kappa shape index (κ1) is 23.7. The van der Waals surface area contributed by atoms with E-state index in [1.54, 1.807) is 18.2 Å². The van der Waals surface area contributed by atoms with Crippen molar-refractivity contribution in [1.82, 2.24) is 14.8 Å². The smallest absolute Gasteiger partial charge is 0.165 e. The molecular formula is C27H31ClFN3O. The summed E-state index contributed by atoms with van der Waals surface area (Å²) in [5.74, 6) is 0.649. The summed E-state index contributed by atoms with van der Waals surface area (Å²) in [4.78, 5) is 9.46. The van der Waals surface area contributed by atoms with Crippen molar-refractivity contribution in [2.24, 2.45) is 5.92 Å². The van der Waals surface area contributed by atoms with Gasteiger partial charge in [-0.1, -0.05) is 41.9 Å². The molecule has 1 unspecified atom stereocenters. The van der Waals surface area contributed by atoms with Gasteiger partial charge in [-0.2, -0.15) is 0 Å². The fraction of sp³-hybridized carbons (Fsp3) is 0.370. The summed E-state index contributed by atoms with van der Waals surface area (Å²) in [5.41, 5.74) is 2.24. The van der Waals surface area contributed by atoms with E-state index in [9.17, 15) is 4.39 Å². The molecule has 33 heavy (non-hydrogen) atoms. The molecule has 3 aromatic rings. The minimum absolute atomic E-state index is 0.0932. The predicted octanol–water partition coefficient (Wildman–Crippen LogP) is 5.69. The molecule has 174 valence electrons. The average molecular weight is 468 g/mol. The highest BCUT2D eigenvalue weighted by atomic mass is 35.5. The molecule has 0 bridgehead atoms. The summed E-state index contributed by atoms with van der Waals surface area (Å²) in [7, 11) is 2.18. The van der Waals surface area contributed by atoms with Gasteiger partial charge in [0.1, 0.15) is 6.61 Å². The van der Waals surface area contributed by atoms with Crippen LogP contribution >= 0.6 is 11.6 Å². The van der Waals surface area contributed by atoms with Crippen LogP contribution in [-0.2, 0) is 0 Å². The van der Waals surface area contributed by atoms with Crippen molar-refractivity contribution in [2.45, 2.75) is 18.9 Å². The molecule has 0 saturated carbocycles. The SMILES string of the molecule is CN(CC1CCN(CCOc2ccccc2F)CC1)C(c1ccc(Cl)cc1)c1ccccn1. The Morgan fingerprint density at radius 3 is 2.48 bits per heavy atom. The Labute approximate surface area is 201 Å². The Morgan fingerprint density at radius 2 is 1.79 bits per heavy atom. The van der Waals surface area contributed by atoms with E-state index < -0.39 is 0 Å². The van der Waals surface area contributed by atoms with Gasteiger partial charge < -0.3 is 4.74 Å². The molecule has 1 aliphatic rings. The molecule has 4 nitrogen and oxygen atoms in total. The van der Waals surface area contributed by atoms with E-state index >= 15 is 0 Å². The second-order valence-corrected chi connectivity index (χ2v) is 9.15. The van der Waals surface area contributed by atoms with E-state index in [1.807, 2.05) is 30.5 Å². The summed E-state index contributed by atoms with van der Waals surface area (Å²) in [6, 6.07) is 20.8. The summed E-state index contributed by atoms with van der Waals surface area (Å²) < 4.78 is 19.3. The number of rotatable bonds is 9. The quantitative estimate of drug-likeness (QED) is 0.404. The molecule has 1 fully saturated rings. The minimum Gasteiger partial charge on any atom is -0.489 e. The topological polar surface area (TPSA) is 28.6 Å². The molecule has 0 amide bonds. The summed E-state index contributed by atoms with van der Waals surface area (Å²) in [6.45, 7) is 4.40. The van der Waals surface area contributed by atoms with Crippen molar-refractivity contribution in [3.63, 3.8) is 0 Å². The number of para-hydroxylation sites is 1. The van der Waals surface area contributed by atoms with Gasteiger partial charge in [0.25, 0.3) is 0 Å². The number of aromatic nitrogens is 1. The molecule has 1 atom stereocenters. The van der Waals surface area contributed by atoms with Crippen molar-refractivity contribution >= 4 is 11.6 Å². The molecule has 0 radical (unpaired) electrons. The molecule has 1 saturated heterocycles. The molecule has 6 heteroatoms. The van der Waals surface area contributed by atoms with Gasteiger partial charge in [-0.15, -0.1) is 0 Å². The lowest BCUT2D eigenvalue weighted by molar-refractivity contribution is 0.127. The van der Waals surface area contributed by atoms with Crippen molar-refractivity contribution in [3.8, 4) is 5.75 Å². The third-order valence-electron chi connectivity index (χ3n) is 6.35. The Balaban J connectivity index is 1.30. The first-order valence-corrected chi connectivity index (χ1v) is 11.9. The molecule has 0 spiro atoms. The maximum Gasteiger partial charge on any atom is 0.165 e. The lowest BCUT2D eigenvalue weighted by Gasteiger charge is -2.36. The van der Waals surface area contributed by atoms with Crippen LogP contribution in [0, 0.1) is 11.7 Å². The van der Waals surface area contributed by atoms with Gasteiger partial charge >= 0.3 is 0 Å². The van der Waals surface area contributed by atoms with Crippen LogP contribution in [0.5, 0.6) is 5.75 Å². The second-order valence-electron chi connectivity index (χ2n) is 8.71. The lowest BCUT2D eigenvalue weighted by atomic mass is 9.94. The zero-order valence-corrected chi connectivity index (χ0v) is 19.8. The molecule has 1 aliphatic heterocycles. The molecular weight excluding hydrogens is 437 g/mol. The van der Waals surface area contributed by atoms with Crippen LogP contribution in [0.15, 0.2) is 72.9 Å². The molecule has 2 heterocycles. The molecule has 2 aromatic carbocycles. The molecule has 4 rings (SSSR count). The lowest BCUT2D eigenvalue weighted by Crippen LogP contribution is -2.40. The van der Waals surface area contributed by atoms with Crippen LogP contribution in [0.1, 0.15) is 30.1 Å². The highest BCUT2D eigenvalue weighted by Gasteiger charge is 2.26. The van der Waals surface area contributed by atoms with Crippen molar-refractivity contribution in [2.75, 3.05) is 39.8 Å². The Hall–Kier alpha value is -2.47. The largest absolute Gasteiger partial charge is 0.489 e. The maximum absolute atomic E-state index is 13.7. The number of likely N-dealkylation sites (tertiary alicyclic amines) is 1. The van der Waals surface area contributed by atoms with E-state index in [4.69, 9.17) is 16.3 Å². The highest BCUT2D eigenvalue weighted by molar-refractivity contribution is 6.30. The number of hydrogen-bond acceptors (Lipinski definition) is 4. The van der Waals surface area contributed by atoms with Crippen LogP contribution in [-0.4, -0.2) is 54.6 Å². The number of benzene rings is 2. The fourth-order valence-electron chi connectivity index (χ4n) is 4.59. The average Bonchev–Trinajstić information content (AvgIpc) is 2.83. The van der Waals surface area contributed by atoms with Crippen molar-refractivity contribution < 1.29 is 9.13 Å². The Bertz CT molecular complexity index is 994. The maximum atomic E-state index is 13.7.